The van der Waals surface area contributed by atoms with Crippen LogP contribution in [0.1, 0.15) is 20.3 Å². The van der Waals surface area contributed by atoms with Gasteiger partial charge < -0.3 is 10.4 Å². The van der Waals surface area contributed by atoms with Crippen LogP contribution in [0, 0.1) is 0 Å². The zero-order valence-electron chi connectivity index (χ0n) is 10.5. The van der Waals surface area contributed by atoms with Crippen LogP contribution < -0.4 is 5.32 Å². The molecule has 0 bridgehead atoms. The molecule has 1 unspecified atom stereocenters. The van der Waals surface area contributed by atoms with Crippen molar-refractivity contribution >= 4 is 29.3 Å². The van der Waals surface area contributed by atoms with Gasteiger partial charge in [0.05, 0.1) is 17.9 Å². The van der Waals surface area contributed by atoms with Crippen LogP contribution in [0.3, 0.4) is 0 Å². The number of carbonyl (C=O) groups is 1. The molecule has 0 radical (unpaired) electrons. The van der Waals surface area contributed by atoms with E-state index in [-0.39, 0.29) is 23.8 Å². The second-order valence-electron chi connectivity index (χ2n) is 4.01. The van der Waals surface area contributed by atoms with Crippen LogP contribution in [-0.4, -0.2) is 28.9 Å². The van der Waals surface area contributed by atoms with Gasteiger partial charge in [-0.15, -0.1) is 11.8 Å². The van der Waals surface area contributed by atoms with Crippen LogP contribution in [0.4, 0.5) is 0 Å². The maximum atomic E-state index is 11.9. The number of nitrogens with one attached hydrogen (secondary N) is 1. The van der Waals surface area contributed by atoms with Gasteiger partial charge in [0.1, 0.15) is 0 Å². The lowest BCUT2D eigenvalue weighted by molar-refractivity contribution is -0.121. The molecule has 1 rings (SSSR count). The zero-order valence-corrected chi connectivity index (χ0v) is 12.1. The molecule has 0 spiro atoms. The van der Waals surface area contributed by atoms with E-state index in [1.54, 1.807) is 12.1 Å². The maximum Gasteiger partial charge on any atom is 0.233 e. The van der Waals surface area contributed by atoms with Crippen molar-refractivity contribution in [1.29, 1.82) is 0 Å². The Morgan fingerprint density at radius 3 is 2.56 bits per heavy atom. The highest BCUT2D eigenvalue weighted by Crippen LogP contribution is 2.24. The molecule has 0 fully saturated rings. The van der Waals surface area contributed by atoms with Gasteiger partial charge in [0.2, 0.25) is 5.91 Å². The fourth-order valence-electron chi connectivity index (χ4n) is 1.37. The van der Waals surface area contributed by atoms with Crippen LogP contribution in [0.15, 0.2) is 29.2 Å². The van der Waals surface area contributed by atoms with E-state index in [4.69, 9.17) is 16.7 Å². The summed E-state index contributed by atoms with van der Waals surface area (Å²) in [5.41, 5.74) is 0. The molecule has 3 nitrogen and oxygen atoms in total. The smallest absolute Gasteiger partial charge is 0.233 e. The number of hydrogen-bond donors (Lipinski definition) is 2. The summed E-state index contributed by atoms with van der Waals surface area (Å²) in [7, 11) is 0. The molecule has 18 heavy (non-hydrogen) atoms. The number of aliphatic hydroxyl groups is 1. The molecule has 1 aromatic carbocycles. The summed E-state index contributed by atoms with van der Waals surface area (Å²) < 4.78 is 0. The van der Waals surface area contributed by atoms with Crippen molar-refractivity contribution in [2.24, 2.45) is 0 Å². The van der Waals surface area contributed by atoms with E-state index in [0.717, 1.165) is 11.3 Å². The molecular formula is C13H18ClNO2S. The topological polar surface area (TPSA) is 49.3 Å². The third kappa shape index (κ3) is 4.88. The molecule has 0 aliphatic rings. The maximum absolute atomic E-state index is 11.9. The Morgan fingerprint density at radius 1 is 1.44 bits per heavy atom. The second-order valence-corrected chi connectivity index (χ2v) is 5.86. The van der Waals surface area contributed by atoms with Gasteiger partial charge in [0.25, 0.3) is 0 Å². The number of benzene rings is 1. The Labute approximate surface area is 117 Å². The van der Waals surface area contributed by atoms with Crippen LogP contribution in [0.25, 0.3) is 0 Å². The molecule has 5 heteroatoms. The largest absolute Gasteiger partial charge is 0.394 e. The summed E-state index contributed by atoms with van der Waals surface area (Å²) >= 11 is 7.27. The molecule has 0 aliphatic carbocycles. The van der Waals surface area contributed by atoms with Crippen LogP contribution in [0.5, 0.6) is 0 Å². The lowest BCUT2D eigenvalue weighted by atomic mass is 10.2. The Bertz CT molecular complexity index is 379. The third-order valence-electron chi connectivity index (χ3n) is 2.56. The number of carbonyl (C=O) groups excluding carboxylic acids is 1. The Morgan fingerprint density at radius 2 is 2.06 bits per heavy atom. The highest BCUT2D eigenvalue weighted by molar-refractivity contribution is 8.00. The van der Waals surface area contributed by atoms with Crippen LogP contribution in [0.2, 0.25) is 5.02 Å². The fraction of sp³-hybridized carbons (Fsp3) is 0.462. The van der Waals surface area contributed by atoms with E-state index in [0.29, 0.717) is 5.02 Å². The quantitative estimate of drug-likeness (QED) is 0.791. The van der Waals surface area contributed by atoms with Gasteiger partial charge in [-0.25, -0.2) is 0 Å². The van der Waals surface area contributed by atoms with Gasteiger partial charge in [-0.1, -0.05) is 18.5 Å². The Kier molecular flexibility index (Phi) is 6.54. The van der Waals surface area contributed by atoms with Gasteiger partial charge in [-0.3, -0.25) is 4.79 Å². The Balaban J connectivity index is 2.51. The molecule has 0 aliphatic heterocycles. The first kappa shape index (κ1) is 15.3. The van der Waals surface area contributed by atoms with Crippen molar-refractivity contribution < 1.29 is 9.90 Å². The van der Waals surface area contributed by atoms with Crippen LogP contribution in [-0.2, 0) is 4.79 Å². The zero-order chi connectivity index (χ0) is 13.5. The molecule has 0 saturated carbocycles. The predicted molar refractivity (Wildman–Crippen MR) is 76.1 cm³/mol. The van der Waals surface area contributed by atoms with Crippen LogP contribution >= 0.6 is 23.4 Å². The Hall–Kier alpha value is -0.710. The molecule has 0 saturated heterocycles. The minimum absolute atomic E-state index is 0.0272. The second kappa shape index (κ2) is 7.67. The van der Waals surface area contributed by atoms with Crippen molar-refractivity contribution in [3.05, 3.63) is 29.3 Å². The standard InChI is InChI=1S/C13H18ClNO2S/c1-3-11(8-16)15-13(17)9(2)18-12-6-4-10(14)5-7-12/h4-7,9,11,16H,3,8H2,1-2H3,(H,15,17)/t9?,11-/m0/s1. The molecule has 0 heterocycles. The molecule has 100 valence electrons. The summed E-state index contributed by atoms with van der Waals surface area (Å²) in [5, 5.41) is 12.3. The minimum Gasteiger partial charge on any atom is -0.394 e. The number of halogens is 1. The normalized spacial score (nSPS) is 14.0. The summed E-state index contributed by atoms with van der Waals surface area (Å²) in [4.78, 5) is 12.9. The number of rotatable bonds is 6. The predicted octanol–water partition coefficient (Wildman–Crippen LogP) is 2.71. The molecule has 2 atom stereocenters. The van der Waals surface area contributed by atoms with Gasteiger partial charge >= 0.3 is 0 Å². The number of thioether (sulfide) groups is 1. The molecule has 0 aromatic heterocycles. The van der Waals surface area contributed by atoms with Crippen molar-refractivity contribution in [2.75, 3.05) is 6.61 Å². The number of aliphatic hydroxyl groups excluding tert-OH is 1. The van der Waals surface area contributed by atoms with E-state index in [9.17, 15) is 4.79 Å². The van der Waals surface area contributed by atoms with Gasteiger partial charge in [-0.2, -0.15) is 0 Å². The lowest BCUT2D eigenvalue weighted by Gasteiger charge is -2.17. The van der Waals surface area contributed by atoms with E-state index >= 15 is 0 Å². The van der Waals surface area contributed by atoms with E-state index in [1.165, 1.54) is 11.8 Å². The summed E-state index contributed by atoms with van der Waals surface area (Å²) in [6.45, 7) is 3.75. The average molecular weight is 288 g/mol. The number of amides is 1. The number of hydrogen-bond acceptors (Lipinski definition) is 3. The van der Waals surface area contributed by atoms with E-state index in [2.05, 4.69) is 5.32 Å². The first-order valence-corrected chi connectivity index (χ1v) is 7.16. The molecule has 2 N–H and O–H groups in total. The molecule has 1 aromatic rings. The monoisotopic (exact) mass is 287 g/mol. The lowest BCUT2D eigenvalue weighted by Crippen LogP contribution is -2.40. The highest BCUT2D eigenvalue weighted by atomic mass is 35.5. The highest BCUT2D eigenvalue weighted by Gasteiger charge is 2.17. The van der Waals surface area contributed by atoms with E-state index in [1.807, 2.05) is 26.0 Å². The third-order valence-corrected chi connectivity index (χ3v) is 3.92. The minimum atomic E-state index is -0.202. The van der Waals surface area contributed by atoms with Crippen molar-refractivity contribution in [2.45, 2.75) is 36.5 Å². The average Bonchev–Trinajstić information content (AvgIpc) is 2.38. The van der Waals surface area contributed by atoms with Gasteiger partial charge in [0.15, 0.2) is 0 Å². The van der Waals surface area contributed by atoms with Crippen molar-refractivity contribution in [3.8, 4) is 0 Å². The summed E-state index contributed by atoms with van der Waals surface area (Å²) in [5.74, 6) is -0.0594. The van der Waals surface area contributed by atoms with Gasteiger partial charge in [-0.05, 0) is 37.6 Å². The fourth-order valence-corrected chi connectivity index (χ4v) is 2.37. The summed E-state index contributed by atoms with van der Waals surface area (Å²) in [6, 6.07) is 7.22. The summed E-state index contributed by atoms with van der Waals surface area (Å²) in [6.07, 6.45) is 0.723. The van der Waals surface area contributed by atoms with Crippen molar-refractivity contribution in [3.63, 3.8) is 0 Å². The van der Waals surface area contributed by atoms with Crippen molar-refractivity contribution in [1.82, 2.24) is 5.32 Å². The van der Waals surface area contributed by atoms with Gasteiger partial charge in [0, 0.05) is 9.92 Å². The molecular weight excluding hydrogens is 270 g/mol. The molecule has 1 amide bonds. The first-order chi connectivity index (χ1) is 8.56. The first-order valence-electron chi connectivity index (χ1n) is 5.90. The van der Waals surface area contributed by atoms with E-state index < -0.39 is 0 Å². The SMILES string of the molecule is CC[C@@H](CO)NC(=O)C(C)Sc1ccc(Cl)cc1.